The monoisotopic (exact) mass is 184 g/mol. The molecule has 0 aromatic carbocycles. The lowest BCUT2D eigenvalue weighted by Crippen LogP contribution is -2.26. The van der Waals surface area contributed by atoms with Crippen molar-refractivity contribution in [3.63, 3.8) is 0 Å². The van der Waals surface area contributed by atoms with Gasteiger partial charge in [-0.05, 0) is 29.9 Å². The van der Waals surface area contributed by atoms with Crippen LogP contribution in [0.4, 0.5) is 0 Å². The average Bonchev–Trinajstić information content (AvgIpc) is 2.48. The van der Waals surface area contributed by atoms with E-state index in [0.29, 0.717) is 4.78 Å². The molecule has 0 radical (unpaired) electrons. The maximum atomic E-state index is 8.83. The second-order valence-electron chi connectivity index (χ2n) is 2.83. The van der Waals surface area contributed by atoms with E-state index in [0.717, 1.165) is 12.8 Å². The standard InChI is InChI=1S/C8H13BO2S/c1-2-3-4-7-5-8(9(10)11)12-6-7/h5-6,10-11H,2-4H2,1H3. The highest BCUT2D eigenvalue weighted by molar-refractivity contribution is 7.20. The Bertz CT molecular complexity index is 235. The fourth-order valence-electron chi connectivity index (χ4n) is 1.04. The molecule has 4 heteroatoms. The molecule has 2 nitrogen and oxygen atoms in total. The van der Waals surface area contributed by atoms with Gasteiger partial charge in [0.25, 0.3) is 0 Å². The second kappa shape index (κ2) is 4.65. The number of hydrogen-bond acceptors (Lipinski definition) is 3. The largest absolute Gasteiger partial charge is 0.499 e. The summed E-state index contributed by atoms with van der Waals surface area (Å²) in [7, 11) is -1.30. The molecule has 12 heavy (non-hydrogen) atoms. The van der Waals surface area contributed by atoms with Crippen LogP contribution < -0.4 is 4.78 Å². The van der Waals surface area contributed by atoms with Crippen LogP contribution in [0.1, 0.15) is 25.3 Å². The molecule has 0 fully saturated rings. The van der Waals surface area contributed by atoms with E-state index in [1.807, 2.05) is 11.4 Å². The quantitative estimate of drug-likeness (QED) is 0.678. The molecule has 0 amide bonds. The van der Waals surface area contributed by atoms with Gasteiger partial charge in [-0.15, -0.1) is 0 Å². The molecule has 1 aromatic heterocycles. The van der Waals surface area contributed by atoms with Crippen molar-refractivity contribution in [2.45, 2.75) is 26.2 Å². The highest BCUT2D eigenvalue weighted by Crippen LogP contribution is 2.08. The molecule has 0 bridgehead atoms. The van der Waals surface area contributed by atoms with Gasteiger partial charge in [0.2, 0.25) is 0 Å². The molecule has 2 N–H and O–H groups in total. The van der Waals surface area contributed by atoms with E-state index < -0.39 is 7.12 Å². The van der Waals surface area contributed by atoms with Crippen LogP contribution >= 0.6 is 11.3 Å². The lowest BCUT2D eigenvalue weighted by atomic mass is 9.89. The molecule has 0 saturated carbocycles. The molecule has 0 unspecified atom stereocenters. The van der Waals surface area contributed by atoms with Crippen LogP contribution in [-0.2, 0) is 6.42 Å². The molecular weight excluding hydrogens is 171 g/mol. The Morgan fingerprint density at radius 1 is 1.50 bits per heavy atom. The smallest absolute Gasteiger partial charge is 0.423 e. The summed E-state index contributed by atoms with van der Waals surface area (Å²) in [6.45, 7) is 2.15. The van der Waals surface area contributed by atoms with Crippen molar-refractivity contribution in [2.75, 3.05) is 0 Å². The van der Waals surface area contributed by atoms with Crippen LogP contribution in [-0.4, -0.2) is 17.2 Å². The van der Waals surface area contributed by atoms with Gasteiger partial charge in [0.1, 0.15) is 0 Å². The van der Waals surface area contributed by atoms with E-state index in [1.165, 1.54) is 23.3 Å². The number of hydrogen-bond donors (Lipinski definition) is 2. The zero-order chi connectivity index (χ0) is 8.97. The zero-order valence-electron chi connectivity index (χ0n) is 7.16. The number of rotatable bonds is 4. The van der Waals surface area contributed by atoms with Crippen molar-refractivity contribution in [1.29, 1.82) is 0 Å². The molecule has 0 aliphatic rings. The fourth-order valence-corrected chi connectivity index (χ4v) is 1.86. The van der Waals surface area contributed by atoms with Crippen LogP contribution in [0.15, 0.2) is 11.4 Å². The molecule has 0 aliphatic carbocycles. The Labute approximate surface area is 77.0 Å². The number of unbranched alkanes of at least 4 members (excludes halogenated alkanes) is 1. The van der Waals surface area contributed by atoms with E-state index in [2.05, 4.69) is 6.92 Å². The second-order valence-corrected chi connectivity index (χ2v) is 3.78. The first-order valence-corrected chi connectivity index (χ1v) is 5.05. The summed E-state index contributed by atoms with van der Waals surface area (Å²) >= 11 is 1.41. The molecule has 1 aromatic rings. The van der Waals surface area contributed by atoms with Gasteiger partial charge in [0.05, 0.1) is 0 Å². The predicted octanol–water partition coefficient (Wildman–Crippen LogP) is 0.771. The Hall–Kier alpha value is -0.315. The summed E-state index contributed by atoms with van der Waals surface area (Å²) in [5.74, 6) is 0. The molecular formula is C8H13BO2S. The fraction of sp³-hybridized carbons (Fsp3) is 0.500. The first kappa shape index (κ1) is 9.77. The van der Waals surface area contributed by atoms with Gasteiger partial charge in [0.15, 0.2) is 0 Å². The SMILES string of the molecule is CCCCc1csc(B(O)O)c1. The summed E-state index contributed by atoms with van der Waals surface area (Å²) < 4.78 is 0.640. The van der Waals surface area contributed by atoms with Crippen LogP contribution in [0.25, 0.3) is 0 Å². The molecule has 0 spiro atoms. The zero-order valence-corrected chi connectivity index (χ0v) is 7.97. The van der Waals surface area contributed by atoms with Crippen molar-refractivity contribution in [2.24, 2.45) is 0 Å². The first-order valence-electron chi connectivity index (χ1n) is 4.17. The summed E-state index contributed by atoms with van der Waals surface area (Å²) in [5, 5.41) is 19.6. The minimum Gasteiger partial charge on any atom is -0.423 e. The third kappa shape index (κ3) is 2.62. The lowest BCUT2D eigenvalue weighted by Gasteiger charge is -1.92. The van der Waals surface area contributed by atoms with Gasteiger partial charge in [-0.25, -0.2) is 0 Å². The average molecular weight is 184 g/mol. The first-order chi connectivity index (χ1) is 5.74. The number of aryl methyl sites for hydroxylation is 1. The van der Waals surface area contributed by atoms with Crippen molar-refractivity contribution in [3.05, 3.63) is 17.0 Å². The Morgan fingerprint density at radius 2 is 2.25 bits per heavy atom. The maximum absolute atomic E-state index is 8.83. The molecule has 0 aliphatic heterocycles. The van der Waals surface area contributed by atoms with E-state index in [4.69, 9.17) is 10.0 Å². The van der Waals surface area contributed by atoms with E-state index >= 15 is 0 Å². The van der Waals surface area contributed by atoms with E-state index in [1.54, 1.807) is 0 Å². The predicted molar refractivity (Wildman–Crippen MR) is 52.8 cm³/mol. The molecule has 66 valence electrons. The summed E-state index contributed by atoms with van der Waals surface area (Å²) in [5.41, 5.74) is 1.21. The molecule has 1 rings (SSSR count). The van der Waals surface area contributed by atoms with Crippen molar-refractivity contribution in [1.82, 2.24) is 0 Å². The van der Waals surface area contributed by atoms with Crippen molar-refractivity contribution in [3.8, 4) is 0 Å². The molecule has 0 atom stereocenters. The van der Waals surface area contributed by atoms with Crippen LogP contribution in [0.3, 0.4) is 0 Å². The summed E-state index contributed by atoms with van der Waals surface area (Å²) in [6, 6.07) is 1.87. The molecule has 1 heterocycles. The summed E-state index contributed by atoms with van der Waals surface area (Å²) in [6.07, 6.45) is 3.38. The third-order valence-corrected chi connectivity index (χ3v) is 2.77. The van der Waals surface area contributed by atoms with Gasteiger partial charge >= 0.3 is 7.12 Å². The van der Waals surface area contributed by atoms with Crippen LogP contribution in [0.5, 0.6) is 0 Å². The normalized spacial score (nSPS) is 10.2. The van der Waals surface area contributed by atoms with Crippen molar-refractivity contribution >= 4 is 23.2 Å². The Kier molecular flexibility index (Phi) is 3.78. The minimum atomic E-state index is -1.30. The van der Waals surface area contributed by atoms with Crippen molar-refractivity contribution < 1.29 is 10.0 Å². The highest BCUT2D eigenvalue weighted by atomic mass is 32.1. The van der Waals surface area contributed by atoms with Gasteiger partial charge in [-0.3, -0.25) is 0 Å². The maximum Gasteiger partial charge on any atom is 0.499 e. The van der Waals surface area contributed by atoms with Crippen LogP contribution in [0.2, 0.25) is 0 Å². The summed E-state index contributed by atoms with van der Waals surface area (Å²) in [4.78, 5) is 0. The van der Waals surface area contributed by atoms with Gasteiger partial charge in [-0.1, -0.05) is 13.3 Å². The van der Waals surface area contributed by atoms with Gasteiger partial charge in [-0.2, -0.15) is 11.3 Å². The van der Waals surface area contributed by atoms with E-state index in [-0.39, 0.29) is 0 Å². The van der Waals surface area contributed by atoms with Gasteiger partial charge < -0.3 is 10.0 Å². The third-order valence-electron chi connectivity index (χ3n) is 1.75. The minimum absolute atomic E-state index is 0.640. The highest BCUT2D eigenvalue weighted by Gasteiger charge is 2.12. The lowest BCUT2D eigenvalue weighted by molar-refractivity contribution is 0.427. The molecule has 0 saturated heterocycles. The number of thiophene rings is 1. The Balaban J connectivity index is 2.52. The van der Waals surface area contributed by atoms with Crippen LogP contribution in [0, 0.1) is 0 Å². The Morgan fingerprint density at radius 3 is 2.75 bits per heavy atom. The van der Waals surface area contributed by atoms with Gasteiger partial charge in [0, 0.05) is 4.78 Å². The topological polar surface area (TPSA) is 40.5 Å². The van der Waals surface area contributed by atoms with E-state index in [9.17, 15) is 0 Å².